The molecule has 1 aliphatic rings. The van der Waals surface area contributed by atoms with E-state index in [-0.39, 0.29) is 11.6 Å². The fourth-order valence-corrected chi connectivity index (χ4v) is 1.48. The van der Waals surface area contributed by atoms with Gasteiger partial charge in [-0.1, -0.05) is 6.42 Å². The van der Waals surface area contributed by atoms with Gasteiger partial charge in [0.25, 0.3) is 0 Å². The minimum atomic E-state index is -0.855. The molecular weight excluding hydrogens is 156 g/mol. The van der Waals surface area contributed by atoms with Gasteiger partial charge in [0, 0.05) is 0 Å². The second kappa shape index (κ2) is 2.99. The van der Waals surface area contributed by atoms with Crippen molar-refractivity contribution in [2.45, 2.75) is 26.2 Å². The van der Waals surface area contributed by atoms with Crippen LogP contribution in [0.15, 0.2) is 0 Å². The third kappa shape index (κ3) is 1.10. The third-order valence-corrected chi connectivity index (χ3v) is 2.53. The van der Waals surface area contributed by atoms with Crippen molar-refractivity contribution >= 4 is 17.8 Å². The molecule has 0 bridgehead atoms. The zero-order valence-corrected chi connectivity index (χ0v) is 6.91. The zero-order valence-electron chi connectivity index (χ0n) is 6.91. The molecule has 0 radical (unpaired) electrons. The molecule has 0 unspecified atom stereocenters. The molecule has 1 saturated carbocycles. The van der Waals surface area contributed by atoms with Crippen LogP contribution < -0.4 is 0 Å². The van der Waals surface area contributed by atoms with Crippen molar-refractivity contribution < 1.29 is 14.4 Å². The lowest BCUT2D eigenvalue weighted by Gasteiger charge is -2.35. The maximum atomic E-state index is 11.3. The molecule has 0 amide bonds. The lowest BCUT2D eigenvalue weighted by molar-refractivity contribution is -0.142. The van der Waals surface area contributed by atoms with Crippen LogP contribution >= 0.6 is 0 Å². The summed E-state index contributed by atoms with van der Waals surface area (Å²) >= 11 is 0. The minimum Gasteiger partial charge on any atom is -0.361 e. The van der Waals surface area contributed by atoms with Crippen molar-refractivity contribution in [3.63, 3.8) is 0 Å². The van der Waals surface area contributed by atoms with Gasteiger partial charge in [-0.2, -0.15) is 4.79 Å². The first-order valence-corrected chi connectivity index (χ1v) is 3.86. The summed E-state index contributed by atoms with van der Waals surface area (Å²) in [6, 6.07) is 0. The quantitative estimate of drug-likeness (QED) is 0.267. The predicted molar refractivity (Wildman–Crippen MR) is 41.7 cm³/mol. The summed E-state index contributed by atoms with van der Waals surface area (Å²) in [7, 11) is 0. The van der Waals surface area contributed by atoms with Crippen LogP contribution in [0.3, 0.4) is 0 Å². The maximum absolute atomic E-state index is 11.3. The minimum absolute atomic E-state index is 0.126. The Morgan fingerprint density at radius 2 is 2.08 bits per heavy atom. The van der Waals surface area contributed by atoms with E-state index in [0.717, 1.165) is 12.6 Å². The number of rotatable bonds is 3. The summed E-state index contributed by atoms with van der Waals surface area (Å²) in [4.78, 5) is 25.0. The molecule has 0 aromatic carbocycles. The first-order chi connectivity index (χ1) is 5.63. The summed E-state index contributed by atoms with van der Waals surface area (Å²) in [5.74, 6) is -0.498. The summed E-state index contributed by atoms with van der Waals surface area (Å²) in [5, 5.41) is 0. The molecule has 1 fully saturated rings. The van der Waals surface area contributed by atoms with Crippen LogP contribution in [0.1, 0.15) is 26.2 Å². The highest BCUT2D eigenvalue weighted by molar-refractivity contribution is 6.33. The molecule has 0 N–H and O–H groups in total. The highest BCUT2D eigenvalue weighted by Crippen LogP contribution is 2.41. The lowest BCUT2D eigenvalue weighted by atomic mass is 9.64. The molecule has 0 aliphatic heterocycles. The highest BCUT2D eigenvalue weighted by Gasteiger charge is 2.48. The van der Waals surface area contributed by atoms with E-state index in [4.69, 9.17) is 5.53 Å². The van der Waals surface area contributed by atoms with Crippen LogP contribution in [0.5, 0.6) is 0 Å². The van der Waals surface area contributed by atoms with E-state index in [1.54, 1.807) is 0 Å². The average Bonchev–Trinajstić information content (AvgIpc) is 1.83. The van der Waals surface area contributed by atoms with E-state index >= 15 is 0 Å². The molecule has 0 saturated heterocycles. The zero-order chi connectivity index (χ0) is 9.19. The van der Waals surface area contributed by atoms with E-state index in [9.17, 15) is 9.59 Å². The van der Waals surface area contributed by atoms with Crippen molar-refractivity contribution in [3.05, 3.63) is 5.53 Å². The number of Topliss-reactive ketones (excluding diaryl/α,β-unsaturated/α-hetero) is 2. The average molecular weight is 166 g/mol. The molecule has 0 spiro atoms. The normalized spacial score (nSPS) is 18.8. The fourth-order valence-electron chi connectivity index (χ4n) is 1.48. The molecule has 12 heavy (non-hydrogen) atoms. The standard InChI is InChI=1S/C8H10N2O2/c1-6(11)8(3-2-4-8)7(12)5-10-9/h5H,2-4H2,1H3. The summed E-state index contributed by atoms with van der Waals surface area (Å²) in [5.41, 5.74) is 7.28. The molecule has 0 aromatic heterocycles. The van der Waals surface area contributed by atoms with Crippen LogP contribution in [0.4, 0.5) is 0 Å². The molecule has 0 aromatic rings. The van der Waals surface area contributed by atoms with Crippen molar-refractivity contribution in [1.29, 1.82) is 0 Å². The molecule has 4 nitrogen and oxygen atoms in total. The SMILES string of the molecule is CC(=O)C1(C(=O)C=[N+]=[N-])CCC1. The summed E-state index contributed by atoms with van der Waals surface area (Å²) < 4.78 is 0. The van der Waals surface area contributed by atoms with Crippen molar-refractivity contribution in [3.8, 4) is 0 Å². The summed E-state index contributed by atoms with van der Waals surface area (Å²) in [6.45, 7) is 1.41. The maximum Gasteiger partial charge on any atom is 0.324 e. The van der Waals surface area contributed by atoms with Gasteiger partial charge in [-0.3, -0.25) is 9.59 Å². The molecular formula is C8H10N2O2. The number of hydrogen-bond donors (Lipinski definition) is 0. The Hall–Kier alpha value is -1.28. The Labute approximate surface area is 70.2 Å². The number of ketones is 2. The van der Waals surface area contributed by atoms with E-state index in [2.05, 4.69) is 4.79 Å². The predicted octanol–water partition coefficient (Wildman–Crippen LogP) is 0.615. The third-order valence-electron chi connectivity index (χ3n) is 2.53. The molecule has 0 atom stereocenters. The molecule has 0 heterocycles. The lowest BCUT2D eigenvalue weighted by Crippen LogP contribution is -2.44. The van der Waals surface area contributed by atoms with E-state index < -0.39 is 5.41 Å². The van der Waals surface area contributed by atoms with E-state index in [0.29, 0.717) is 12.8 Å². The number of carbonyl (C=O) groups is 2. The Kier molecular flexibility index (Phi) is 2.20. The van der Waals surface area contributed by atoms with Gasteiger partial charge in [0.15, 0.2) is 0 Å². The van der Waals surface area contributed by atoms with Gasteiger partial charge in [-0.05, 0) is 19.8 Å². The second-order valence-corrected chi connectivity index (χ2v) is 3.10. The van der Waals surface area contributed by atoms with Crippen LogP contribution in [0.25, 0.3) is 5.53 Å². The monoisotopic (exact) mass is 166 g/mol. The number of carbonyl (C=O) groups excluding carboxylic acids is 2. The Bertz CT molecular complexity index is 273. The largest absolute Gasteiger partial charge is 0.361 e. The van der Waals surface area contributed by atoms with Crippen molar-refractivity contribution in [2.24, 2.45) is 5.41 Å². The van der Waals surface area contributed by atoms with Crippen LogP contribution in [-0.4, -0.2) is 22.6 Å². The van der Waals surface area contributed by atoms with Crippen LogP contribution in [0.2, 0.25) is 0 Å². The van der Waals surface area contributed by atoms with E-state index in [1.807, 2.05) is 0 Å². The molecule has 1 aliphatic carbocycles. The van der Waals surface area contributed by atoms with Gasteiger partial charge in [0.1, 0.15) is 5.78 Å². The fraction of sp³-hybridized carbons (Fsp3) is 0.625. The van der Waals surface area contributed by atoms with Gasteiger partial charge in [0.2, 0.25) is 5.78 Å². The van der Waals surface area contributed by atoms with Gasteiger partial charge in [-0.25, -0.2) is 0 Å². The van der Waals surface area contributed by atoms with Crippen LogP contribution in [0, 0.1) is 5.41 Å². The van der Waals surface area contributed by atoms with Crippen LogP contribution in [-0.2, 0) is 9.59 Å². The number of hydrogen-bond acceptors (Lipinski definition) is 2. The smallest absolute Gasteiger partial charge is 0.324 e. The van der Waals surface area contributed by atoms with E-state index in [1.165, 1.54) is 6.92 Å². The second-order valence-electron chi connectivity index (χ2n) is 3.10. The molecule has 4 heteroatoms. The van der Waals surface area contributed by atoms with Gasteiger partial charge in [-0.15, -0.1) is 0 Å². The Morgan fingerprint density at radius 1 is 1.50 bits per heavy atom. The molecule has 1 rings (SSSR count). The van der Waals surface area contributed by atoms with Crippen molar-refractivity contribution in [1.82, 2.24) is 0 Å². The van der Waals surface area contributed by atoms with Crippen molar-refractivity contribution in [2.75, 3.05) is 0 Å². The highest BCUT2D eigenvalue weighted by atomic mass is 16.2. The van der Waals surface area contributed by atoms with Gasteiger partial charge >= 0.3 is 6.21 Å². The topological polar surface area (TPSA) is 70.5 Å². The Balaban J connectivity index is 2.87. The first kappa shape index (κ1) is 8.81. The number of nitrogens with zero attached hydrogens (tertiary/aromatic N) is 2. The van der Waals surface area contributed by atoms with Gasteiger partial charge in [0.05, 0.1) is 5.41 Å². The summed E-state index contributed by atoms with van der Waals surface area (Å²) in [6.07, 6.45) is 2.89. The Morgan fingerprint density at radius 3 is 2.33 bits per heavy atom. The molecule has 64 valence electrons. The van der Waals surface area contributed by atoms with Gasteiger partial charge < -0.3 is 5.53 Å². The first-order valence-electron chi connectivity index (χ1n) is 3.86.